The summed E-state index contributed by atoms with van der Waals surface area (Å²) in [6, 6.07) is 21.4. The first-order valence-electron chi connectivity index (χ1n) is 13.3. The van der Waals surface area contributed by atoms with E-state index in [1.54, 1.807) is 43.3 Å². The maximum Gasteiger partial charge on any atom is 0.264 e. The summed E-state index contributed by atoms with van der Waals surface area (Å²) in [4.78, 5) is 28.4. The molecule has 0 spiro atoms. The van der Waals surface area contributed by atoms with E-state index in [0.717, 1.165) is 9.87 Å². The van der Waals surface area contributed by atoms with Crippen LogP contribution in [0.5, 0.6) is 11.5 Å². The summed E-state index contributed by atoms with van der Waals surface area (Å²) in [5.41, 5.74) is 1.25. The zero-order chi connectivity index (χ0) is 28.7. The Labute approximate surface area is 235 Å². The number of fused-ring (bicyclic) bond motifs is 1. The average molecular weight is 566 g/mol. The second kappa shape index (κ2) is 12.9. The molecule has 1 aliphatic heterocycles. The van der Waals surface area contributed by atoms with Gasteiger partial charge in [-0.05, 0) is 57.0 Å². The van der Waals surface area contributed by atoms with Gasteiger partial charge >= 0.3 is 0 Å². The molecule has 1 aliphatic rings. The summed E-state index contributed by atoms with van der Waals surface area (Å²) in [6.07, 6.45) is 0.501. The molecule has 9 nitrogen and oxygen atoms in total. The van der Waals surface area contributed by atoms with Gasteiger partial charge in [-0.1, -0.05) is 48.5 Å². The van der Waals surface area contributed by atoms with Crippen molar-refractivity contribution in [1.29, 1.82) is 0 Å². The Balaban J connectivity index is 1.69. The topological polar surface area (TPSA) is 105 Å². The summed E-state index contributed by atoms with van der Waals surface area (Å²) in [5, 5.41) is 2.86. The number of hydrogen-bond donors (Lipinski definition) is 1. The second-order valence-electron chi connectivity index (χ2n) is 9.81. The second-order valence-corrected chi connectivity index (χ2v) is 11.7. The monoisotopic (exact) mass is 565 g/mol. The van der Waals surface area contributed by atoms with E-state index < -0.39 is 28.5 Å². The molecule has 4 rings (SSSR count). The van der Waals surface area contributed by atoms with Crippen molar-refractivity contribution < 1.29 is 27.5 Å². The Kier molecular flexibility index (Phi) is 9.31. The minimum absolute atomic E-state index is 0.0409. The Morgan fingerprint density at radius 2 is 1.50 bits per heavy atom. The molecule has 0 saturated heterocycles. The summed E-state index contributed by atoms with van der Waals surface area (Å²) in [7, 11) is -4.15. The highest BCUT2D eigenvalue weighted by atomic mass is 32.2. The highest BCUT2D eigenvalue weighted by molar-refractivity contribution is 7.92. The number of rotatable bonds is 11. The van der Waals surface area contributed by atoms with Gasteiger partial charge in [0.25, 0.3) is 10.0 Å². The molecule has 10 heteroatoms. The maximum atomic E-state index is 13.9. The van der Waals surface area contributed by atoms with Gasteiger partial charge in [0.1, 0.15) is 25.8 Å². The van der Waals surface area contributed by atoms with Crippen LogP contribution < -0.4 is 19.1 Å². The van der Waals surface area contributed by atoms with Crippen LogP contribution in [-0.4, -0.2) is 63.5 Å². The lowest BCUT2D eigenvalue weighted by atomic mass is 10.1. The lowest BCUT2D eigenvalue weighted by Crippen LogP contribution is -2.53. The lowest BCUT2D eigenvalue weighted by Gasteiger charge is -2.32. The van der Waals surface area contributed by atoms with Crippen LogP contribution in [0.3, 0.4) is 0 Å². The van der Waals surface area contributed by atoms with E-state index in [-0.39, 0.29) is 29.1 Å². The van der Waals surface area contributed by atoms with Crippen LogP contribution in [0.1, 0.15) is 26.3 Å². The molecule has 1 atom stereocenters. The van der Waals surface area contributed by atoms with Crippen molar-refractivity contribution in [2.24, 2.45) is 0 Å². The van der Waals surface area contributed by atoms with E-state index in [0.29, 0.717) is 31.1 Å². The van der Waals surface area contributed by atoms with Crippen molar-refractivity contribution in [3.05, 3.63) is 84.4 Å². The standard InChI is InChI=1S/C30H35N3O6S/c1-22(2)31-30(35)23(3)32(17-16-24-10-6-4-7-11-24)29(34)21-33(40(36,37)26-12-8-5-9-13-26)25-14-15-27-28(20-25)39-19-18-38-27/h4-15,20,22-23H,16-19,21H2,1-3H3,(H,31,35)/t23-/m1/s1. The van der Waals surface area contributed by atoms with Crippen LogP contribution in [-0.2, 0) is 26.0 Å². The Morgan fingerprint density at radius 1 is 0.875 bits per heavy atom. The zero-order valence-corrected chi connectivity index (χ0v) is 23.8. The van der Waals surface area contributed by atoms with E-state index in [1.165, 1.54) is 17.0 Å². The van der Waals surface area contributed by atoms with Gasteiger partial charge in [0.05, 0.1) is 10.6 Å². The van der Waals surface area contributed by atoms with E-state index >= 15 is 0 Å². The molecular weight excluding hydrogens is 530 g/mol. The van der Waals surface area contributed by atoms with Crippen molar-refractivity contribution >= 4 is 27.5 Å². The third-order valence-electron chi connectivity index (χ3n) is 6.51. The van der Waals surface area contributed by atoms with E-state index in [9.17, 15) is 18.0 Å². The van der Waals surface area contributed by atoms with Crippen LogP contribution in [0.4, 0.5) is 5.69 Å². The van der Waals surface area contributed by atoms with Crippen molar-refractivity contribution in [2.75, 3.05) is 30.6 Å². The number of amides is 2. The molecule has 1 heterocycles. The predicted octanol–water partition coefficient (Wildman–Crippen LogP) is 3.64. The van der Waals surface area contributed by atoms with Crippen LogP contribution in [0.2, 0.25) is 0 Å². The van der Waals surface area contributed by atoms with Crippen molar-refractivity contribution in [2.45, 2.75) is 44.2 Å². The SMILES string of the molecule is CC(C)NC(=O)[C@@H](C)N(CCc1ccccc1)C(=O)CN(c1ccc2c(c1)OCCO2)S(=O)(=O)c1ccccc1. The molecule has 0 aliphatic carbocycles. The Hall–Kier alpha value is -4.05. The third-order valence-corrected chi connectivity index (χ3v) is 8.29. The number of ether oxygens (including phenoxy) is 2. The van der Waals surface area contributed by atoms with Gasteiger partial charge in [-0.25, -0.2) is 8.42 Å². The van der Waals surface area contributed by atoms with E-state index in [2.05, 4.69) is 5.32 Å². The van der Waals surface area contributed by atoms with Crippen LogP contribution in [0.15, 0.2) is 83.8 Å². The average Bonchev–Trinajstić information content (AvgIpc) is 2.96. The number of hydrogen-bond acceptors (Lipinski definition) is 6. The molecule has 0 radical (unpaired) electrons. The summed E-state index contributed by atoms with van der Waals surface area (Å²) < 4.78 is 40.1. The number of benzene rings is 3. The lowest BCUT2D eigenvalue weighted by molar-refractivity contribution is -0.139. The van der Waals surface area contributed by atoms with Gasteiger partial charge < -0.3 is 19.7 Å². The molecule has 0 fully saturated rings. The molecule has 0 saturated carbocycles. The molecule has 0 bridgehead atoms. The Bertz CT molecular complexity index is 1410. The fourth-order valence-corrected chi connectivity index (χ4v) is 5.84. The number of nitrogens with one attached hydrogen (secondary N) is 1. The molecule has 2 amide bonds. The van der Waals surface area contributed by atoms with Crippen LogP contribution in [0, 0.1) is 0 Å². The zero-order valence-electron chi connectivity index (χ0n) is 22.9. The van der Waals surface area contributed by atoms with Crippen molar-refractivity contribution in [3.63, 3.8) is 0 Å². The minimum Gasteiger partial charge on any atom is -0.486 e. The third kappa shape index (κ3) is 6.93. The maximum absolute atomic E-state index is 13.9. The smallest absolute Gasteiger partial charge is 0.264 e. The van der Waals surface area contributed by atoms with Crippen molar-refractivity contribution in [3.8, 4) is 11.5 Å². The first-order chi connectivity index (χ1) is 19.2. The molecular formula is C30H35N3O6S. The van der Waals surface area contributed by atoms with E-state index in [4.69, 9.17) is 9.47 Å². The predicted molar refractivity (Wildman–Crippen MR) is 153 cm³/mol. The molecule has 40 heavy (non-hydrogen) atoms. The Morgan fingerprint density at radius 3 is 2.15 bits per heavy atom. The van der Waals surface area contributed by atoms with Gasteiger partial charge in [-0.3, -0.25) is 13.9 Å². The summed E-state index contributed by atoms with van der Waals surface area (Å²) >= 11 is 0. The van der Waals surface area contributed by atoms with Crippen LogP contribution in [0.25, 0.3) is 0 Å². The molecule has 212 valence electrons. The molecule has 1 N–H and O–H groups in total. The number of carbonyl (C=O) groups is 2. The van der Waals surface area contributed by atoms with Gasteiger partial charge in [0, 0.05) is 18.7 Å². The van der Waals surface area contributed by atoms with Gasteiger partial charge in [0.2, 0.25) is 11.8 Å². The fraction of sp³-hybridized carbons (Fsp3) is 0.333. The first-order valence-corrected chi connectivity index (χ1v) is 14.7. The quantitative estimate of drug-likeness (QED) is 0.381. The molecule has 3 aromatic rings. The van der Waals surface area contributed by atoms with Crippen molar-refractivity contribution in [1.82, 2.24) is 10.2 Å². The normalized spacial score (nSPS) is 13.4. The van der Waals surface area contributed by atoms with Gasteiger partial charge in [0.15, 0.2) is 11.5 Å². The summed E-state index contributed by atoms with van der Waals surface area (Å²) in [6.45, 7) is 5.79. The number of nitrogens with zero attached hydrogens (tertiary/aromatic N) is 2. The summed E-state index contributed by atoms with van der Waals surface area (Å²) in [5.74, 6) is 0.0851. The van der Waals surface area contributed by atoms with Crippen LogP contribution >= 0.6 is 0 Å². The van der Waals surface area contributed by atoms with Gasteiger partial charge in [-0.15, -0.1) is 0 Å². The largest absolute Gasteiger partial charge is 0.486 e. The van der Waals surface area contributed by atoms with Gasteiger partial charge in [-0.2, -0.15) is 0 Å². The fourth-order valence-electron chi connectivity index (χ4n) is 4.41. The minimum atomic E-state index is -4.15. The molecule has 0 aromatic heterocycles. The highest BCUT2D eigenvalue weighted by Gasteiger charge is 2.33. The highest BCUT2D eigenvalue weighted by Crippen LogP contribution is 2.35. The number of sulfonamides is 1. The number of anilines is 1. The first kappa shape index (κ1) is 28.9. The molecule has 0 unspecified atom stereocenters. The molecule has 3 aromatic carbocycles. The number of carbonyl (C=O) groups excluding carboxylic acids is 2. The van der Waals surface area contributed by atoms with E-state index in [1.807, 2.05) is 44.2 Å².